The number of halogens is 2. The predicted octanol–water partition coefficient (Wildman–Crippen LogP) is 9.71. The Morgan fingerprint density at radius 3 is 2.28 bits per heavy atom. The van der Waals surface area contributed by atoms with Crippen LogP contribution in [0.25, 0.3) is 22.9 Å². The maximum atomic E-state index is 15.6. The Kier molecular flexibility index (Phi) is 10.1. The van der Waals surface area contributed by atoms with Gasteiger partial charge in [0.05, 0.1) is 48.8 Å². The molecule has 0 aromatic heterocycles. The van der Waals surface area contributed by atoms with Gasteiger partial charge >= 0.3 is 0 Å². The molecule has 3 fully saturated rings. The summed E-state index contributed by atoms with van der Waals surface area (Å²) in [7, 11) is 3.19. The molecule has 6 aromatic carbocycles. The van der Waals surface area contributed by atoms with E-state index in [2.05, 4.69) is 5.43 Å². The van der Waals surface area contributed by atoms with Gasteiger partial charge in [-0.3, -0.25) is 29.5 Å². The number of methoxy groups -OCH3 is 2. The molecule has 0 bridgehead atoms. The van der Waals surface area contributed by atoms with Crippen molar-refractivity contribution < 1.29 is 38.1 Å². The SMILES string of the molecule is COc1ccc(OC)c(C=Cc2ccc(N3C(=O)[C@H]4[C@H](CC=C5[C@H]4C[C@H]4C(=O)N(Nc6ccc(F)cc6)C(=O)[C@@]4(c4ccc(Cl)cc4)[C@H]5c4c(O)ccc5ccccc45)C3=O)cc2)c1. The van der Waals surface area contributed by atoms with Crippen molar-refractivity contribution in [1.29, 1.82) is 0 Å². The van der Waals surface area contributed by atoms with E-state index < -0.39 is 58.5 Å². The molecule has 320 valence electrons. The fourth-order valence-corrected chi connectivity index (χ4v) is 10.8. The van der Waals surface area contributed by atoms with E-state index in [0.717, 1.165) is 21.5 Å². The highest BCUT2D eigenvalue weighted by Gasteiger charge is 2.71. The first-order valence-electron chi connectivity index (χ1n) is 21.0. The minimum Gasteiger partial charge on any atom is -0.508 e. The van der Waals surface area contributed by atoms with Gasteiger partial charge < -0.3 is 14.6 Å². The topological polar surface area (TPSA) is 125 Å². The van der Waals surface area contributed by atoms with Crippen molar-refractivity contribution in [3.8, 4) is 17.2 Å². The quantitative estimate of drug-likeness (QED) is 0.0836. The molecule has 2 aliphatic heterocycles. The summed E-state index contributed by atoms with van der Waals surface area (Å²) >= 11 is 6.46. The van der Waals surface area contributed by atoms with Crippen LogP contribution in [0.1, 0.15) is 41.0 Å². The molecule has 2 saturated heterocycles. The number of nitrogens with zero attached hydrogens (tertiary/aromatic N) is 2. The zero-order chi connectivity index (χ0) is 44.4. The third-order valence-electron chi connectivity index (χ3n) is 13.5. The third-order valence-corrected chi connectivity index (χ3v) is 13.8. The van der Waals surface area contributed by atoms with Crippen LogP contribution in [-0.4, -0.2) is 48.0 Å². The number of phenolic OH excluding ortho intramolecular Hbond substituents is 1. The molecule has 1 saturated carbocycles. The van der Waals surface area contributed by atoms with Crippen LogP contribution in [0.15, 0.2) is 139 Å². The molecule has 10 nitrogen and oxygen atoms in total. The van der Waals surface area contributed by atoms with Gasteiger partial charge in [-0.25, -0.2) is 4.39 Å². The average molecular weight is 874 g/mol. The van der Waals surface area contributed by atoms with Gasteiger partial charge in [0.15, 0.2) is 0 Å². The summed E-state index contributed by atoms with van der Waals surface area (Å²) in [6.07, 6.45) is 6.00. The number of phenols is 1. The van der Waals surface area contributed by atoms with Gasteiger partial charge in [-0.05, 0) is 113 Å². The number of rotatable bonds is 9. The monoisotopic (exact) mass is 873 g/mol. The minimum absolute atomic E-state index is 0.0498. The average Bonchev–Trinajstić information content (AvgIpc) is 3.69. The van der Waals surface area contributed by atoms with Crippen LogP contribution in [0.5, 0.6) is 17.2 Å². The van der Waals surface area contributed by atoms with E-state index >= 15 is 9.59 Å². The lowest BCUT2D eigenvalue weighted by atomic mass is 9.48. The second kappa shape index (κ2) is 15.8. The third kappa shape index (κ3) is 6.36. The van der Waals surface area contributed by atoms with Crippen LogP contribution in [0.4, 0.5) is 15.8 Å². The summed E-state index contributed by atoms with van der Waals surface area (Å²) in [5, 5.41) is 14.9. The van der Waals surface area contributed by atoms with Crippen molar-refractivity contribution in [3.63, 3.8) is 0 Å². The number of hydrogen-bond donors (Lipinski definition) is 2. The van der Waals surface area contributed by atoms with Gasteiger partial charge in [-0.2, -0.15) is 5.01 Å². The zero-order valence-corrected chi connectivity index (χ0v) is 35.5. The fraction of sp³-hybridized carbons (Fsp3) is 0.192. The summed E-state index contributed by atoms with van der Waals surface area (Å²) in [5.74, 6) is -5.42. The second-order valence-electron chi connectivity index (χ2n) is 16.6. The van der Waals surface area contributed by atoms with Crippen LogP contribution < -0.4 is 19.8 Å². The molecule has 6 atom stereocenters. The van der Waals surface area contributed by atoms with Crippen LogP contribution in [-0.2, 0) is 24.6 Å². The van der Waals surface area contributed by atoms with Gasteiger partial charge in [-0.1, -0.05) is 90.0 Å². The molecule has 0 radical (unpaired) electrons. The number of allylic oxidation sites excluding steroid dienone is 2. The van der Waals surface area contributed by atoms with E-state index in [1.165, 1.54) is 29.2 Å². The second-order valence-corrected chi connectivity index (χ2v) is 17.1. The maximum absolute atomic E-state index is 15.6. The number of carbonyl (C=O) groups is 4. The molecular formula is C52H41ClFN3O7. The molecule has 0 unspecified atom stereocenters. The lowest BCUT2D eigenvalue weighted by Crippen LogP contribution is -2.53. The Labute approximate surface area is 373 Å². The maximum Gasteiger partial charge on any atom is 0.260 e. The van der Waals surface area contributed by atoms with E-state index in [4.69, 9.17) is 21.1 Å². The summed E-state index contributed by atoms with van der Waals surface area (Å²) in [6.45, 7) is 0. The predicted molar refractivity (Wildman–Crippen MR) is 242 cm³/mol. The molecule has 10 rings (SSSR count). The minimum atomic E-state index is -1.66. The molecular weight excluding hydrogens is 833 g/mol. The Bertz CT molecular complexity index is 2950. The van der Waals surface area contributed by atoms with Crippen molar-refractivity contribution in [2.24, 2.45) is 23.7 Å². The number of hydrazine groups is 1. The van der Waals surface area contributed by atoms with Crippen LogP contribution >= 0.6 is 11.6 Å². The van der Waals surface area contributed by atoms with Crippen molar-refractivity contribution in [2.45, 2.75) is 24.2 Å². The molecule has 4 amide bonds. The highest BCUT2D eigenvalue weighted by molar-refractivity contribution is 6.30. The number of nitrogens with one attached hydrogen (secondary N) is 1. The number of anilines is 2. The van der Waals surface area contributed by atoms with Gasteiger partial charge in [0.1, 0.15) is 23.1 Å². The number of hydrogen-bond acceptors (Lipinski definition) is 8. The highest BCUT2D eigenvalue weighted by atomic mass is 35.5. The van der Waals surface area contributed by atoms with E-state index in [-0.39, 0.29) is 24.5 Å². The van der Waals surface area contributed by atoms with Crippen molar-refractivity contribution in [2.75, 3.05) is 24.5 Å². The number of aromatic hydroxyl groups is 1. The number of imide groups is 2. The summed E-state index contributed by atoms with van der Waals surface area (Å²) in [4.78, 5) is 61.4. The van der Waals surface area contributed by atoms with Crippen LogP contribution in [0.3, 0.4) is 0 Å². The van der Waals surface area contributed by atoms with E-state index in [9.17, 15) is 19.1 Å². The van der Waals surface area contributed by atoms with Crippen LogP contribution in [0.2, 0.25) is 5.02 Å². The smallest absolute Gasteiger partial charge is 0.260 e. The number of ether oxygens (including phenoxy) is 2. The number of fused-ring (bicyclic) bond motifs is 5. The fourth-order valence-electron chi connectivity index (χ4n) is 10.7. The Balaban J connectivity index is 1.08. The molecule has 64 heavy (non-hydrogen) atoms. The lowest BCUT2D eigenvalue weighted by molar-refractivity contribution is -0.138. The number of carbonyl (C=O) groups excluding carboxylic acids is 4. The summed E-state index contributed by atoms with van der Waals surface area (Å²) < 4.78 is 25.0. The summed E-state index contributed by atoms with van der Waals surface area (Å²) in [5.41, 5.74) is 5.29. The van der Waals surface area contributed by atoms with Crippen molar-refractivity contribution >= 4 is 69.5 Å². The van der Waals surface area contributed by atoms with Gasteiger partial charge in [0.2, 0.25) is 11.8 Å². The van der Waals surface area contributed by atoms with E-state index in [0.29, 0.717) is 50.0 Å². The Hall–Kier alpha value is -7.24. The van der Waals surface area contributed by atoms with Gasteiger partial charge in [-0.15, -0.1) is 0 Å². The molecule has 2 heterocycles. The lowest BCUT2D eigenvalue weighted by Gasteiger charge is -2.51. The van der Waals surface area contributed by atoms with Gasteiger partial charge in [0, 0.05) is 22.1 Å². The van der Waals surface area contributed by atoms with Crippen molar-refractivity contribution in [1.82, 2.24) is 5.01 Å². The largest absolute Gasteiger partial charge is 0.508 e. The zero-order valence-electron chi connectivity index (χ0n) is 34.7. The molecule has 12 heteroatoms. The molecule has 4 aliphatic rings. The first-order chi connectivity index (χ1) is 31.0. The standard InChI is InChI=1S/C52H41ClFN3O7/c1-63-37-22-26-44(64-2)31(27-37)10-7-29-8-20-36(21-9-29)56-48(59)40-24-23-39-41(45(40)50(56)61)28-42-49(60)57(55-35-18-16-34(54)17-19-35)51(62)52(42,32-12-14-33(53)15-13-32)47(39)46-38-6-4-3-5-30(38)11-25-43(46)58/h3-23,25-27,40-42,45,47,55,58H,24,28H2,1-2H3/t40-,41+,42-,45-,47+,52+/m0/s1. The van der Waals surface area contributed by atoms with E-state index in [1.54, 1.807) is 62.8 Å². The molecule has 0 spiro atoms. The summed E-state index contributed by atoms with van der Waals surface area (Å²) in [6, 6.07) is 35.7. The molecule has 6 aromatic rings. The Morgan fingerprint density at radius 1 is 0.797 bits per heavy atom. The van der Waals surface area contributed by atoms with Crippen LogP contribution in [0, 0.1) is 29.5 Å². The normalized spacial score (nSPS) is 23.9. The number of benzene rings is 6. The first-order valence-corrected chi connectivity index (χ1v) is 21.4. The first kappa shape index (κ1) is 40.8. The van der Waals surface area contributed by atoms with Gasteiger partial charge in [0.25, 0.3) is 11.8 Å². The Morgan fingerprint density at radius 2 is 1.55 bits per heavy atom. The molecule has 2 N–H and O–H groups in total. The molecule has 2 aliphatic carbocycles. The van der Waals surface area contributed by atoms with Crippen molar-refractivity contribution in [3.05, 3.63) is 172 Å². The van der Waals surface area contributed by atoms with E-state index in [1.807, 2.05) is 72.8 Å². The number of amides is 4. The highest BCUT2D eigenvalue weighted by Crippen LogP contribution is 2.65.